The van der Waals surface area contributed by atoms with E-state index in [4.69, 9.17) is 0 Å². The fraction of sp³-hybridized carbons (Fsp3) is 0.875. The molecule has 0 N–H and O–H groups in total. The average Bonchev–Trinajstić information content (AvgIpc) is 2.68. The fourth-order valence-electron chi connectivity index (χ4n) is 2.84. The lowest BCUT2D eigenvalue weighted by Gasteiger charge is -2.31. The Hall–Kier alpha value is 0. The molecule has 0 aliphatic heterocycles. The van der Waals surface area contributed by atoms with E-state index in [9.17, 15) is 0 Å². The first-order chi connectivity index (χ1) is 7.54. The lowest BCUT2D eigenvalue weighted by Crippen LogP contribution is -2.21. The molecular weight excluding hydrogens is 192 g/mol. The monoisotopic (exact) mass is 222 g/mol. The van der Waals surface area contributed by atoms with Crippen LogP contribution in [0.5, 0.6) is 0 Å². The summed E-state index contributed by atoms with van der Waals surface area (Å²) in [7, 11) is 0. The van der Waals surface area contributed by atoms with Crippen LogP contribution in [0.3, 0.4) is 0 Å². The van der Waals surface area contributed by atoms with Crippen LogP contribution in [0.15, 0.2) is 0 Å². The highest BCUT2D eigenvalue weighted by Crippen LogP contribution is 2.37. The van der Waals surface area contributed by atoms with Gasteiger partial charge in [0.2, 0.25) is 0 Å². The minimum atomic E-state index is 0.463. The molecule has 1 aliphatic rings. The van der Waals surface area contributed by atoms with Crippen molar-refractivity contribution in [3.05, 3.63) is 13.3 Å². The Morgan fingerprint density at radius 2 is 1.88 bits per heavy atom. The third-order valence-electron chi connectivity index (χ3n) is 4.18. The van der Waals surface area contributed by atoms with Gasteiger partial charge in [-0.15, -0.1) is 0 Å². The second-order valence-corrected chi connectivity index (χ2v) is 6.57. The fourth-order valence-corrected chi connectivity index (χ4v) is 2.84. The van der Waals surface area contributed by atoms with Gasteiger partial charge in [-0.1, -0.05) is 66.2 Å². The predicted molar refractivity (Wildman–Crippen MR) is 73.0 cm³/mol. The van der Waals surface area contributed by atoms with Gasteiger partial charge >= 0.3 is 0 Å². The quantitative estimate of drug-likeness (QED) is 0.561. The third kappa shape index (κ3) is 4.89. The van der Waals surface area contributed by atoms with Gasteiger partial charge in [0.15, 0.2) is 0 Å². The van der Waals surface area contributed by atoms with Crippen molar-refractivity contribution in [2.75, 3.05) is 0 Å². The highest BCUT2D eigenvalue weighted by Gasteiger charge is 2.25. The Balaban J connectivity index is 2.31. The summed E-state index contributed by atoms with van der Waals surface area (Å²) >= 11 is 0. The van der Waals surface area contributed by atoms with Crippen LogP contribution < -0.4 is 0 Å². The van der Waals surface area contributed by atoms with E-state index >= 15 is 0 Å². The minimum absolute atomic E-state index is 0.463. The molecule has 0 nitrogen and oxygen atoms in total. The van der Waals surface area contributed by atoms with Crippen molar-refractivity contribution in [2.24, 2.45) is 17.3 Å². The molecule has 94 valence electrons. The summed E-state index contributed by atoms with van der Waals surface area (Å²) in [6.07, 6.45) is 13.5. The summed E-state index contributed by atoms with van der Waals surface area (Å²) in [6.45, 7) is 11.1. The molecular formula is C16H30. The van der Waals surface area contributed by atoms with Crippen LogP contribution in [-0.2, 0) is 0 Å². The molecule has 2 radical (unpaired) electrons. The van der Waals surface area contributed by atoms with Gasteiger partial charge in [-0.25, -0.2) is 0 Å². The Bertz CT molecular complexity index is 169. The molecule has 1 unspecified atom stereocenters. The van der Waals surface area contributed by atoms with E-state index < -0.39 is 0 Å². The van der Waals surface area contributed by atoms with E-state index in [1.54, 1.807) is 0 Å². The predicted octanol–water partition coefficient (Wildman–Crippen LogP) is 5.44. The summed E-state index contributed by atoms with van der Waals surface area (Å²) < 4.78 is 0. The van der Waals surface area contributed by atoms with E-state index in [2.05, 4.69) is 34.1 Å². The maximum atomic E-state index is 3.97. The topological polar surface area (TPSA) is 0 Å². The van der Waals surface area contributed by atoms with Crippen molar-refractivity contribution in [2.45, 2.75) is 72.1 Å². The van der Waals surface area contributed by atoms with Crippen molar-refractivity contribution in [1.29, 1.82) is 0 Å². The molecule has 0 aromatic heterocycles. The van der Waals surface area contributed by atoms with Crippen LogP contribution in [0.2, 0.25) is 0 Å². The molecule has 0 heteroatoms. The van der Waals surface area contributed by atoms with Gasteiger partial charge in [-0.3, -0.25) is 0 Å². The van der Waals surface area contributed by atoms with Crippen LogP contribution >= 0.6 is 0 Å². The van der Waals surface area contributed by atoms with Crippen molar-refractivity contribution in [3.8, 4) is 0 Å². The molecule has 1 fully saturated rings. The first-order valence-electron chi connectivity index (χ1n) is 7.16. The van der Waals surface area contributed by atoms with Crippen molar-refractivity contribution < 1.29 is 0 Å². The molecule has 1 saturated carbocycles. The number of hydrogen-bond donors (Lipinski definition) is 0. The van der Waals surface area contributed by atoms with E-state index in [1.807, 2.05) is 0 Å². The second-order valence-electron chi connectivity index (χ2n) is 6.57. The maximum absolute atomic E-state index is 3.97. The van der Waals surface area contributed by atoms with Crippen molar-refractivity contribution >= 4 is 0 Å². The standard InChI is InChI=1S/C16H30/c1-5-6-11-15(16(2,3)4)13-12-14-9-7-8-10-14/h12,14-15H,1,5-11,13H2,2-4H3. The average molecular weight is 222 g/mol. The Kier molecular flexibility index (Phi) is 5.86. The molecule has 0 spiro atoms. The lowest BCUT2D eigenvalue weighted by atomic mass is 9.74. The number of unbranched alkanes of at least 4 members (excludes halogenated alkanes) is 1. The molecule has 0 saturated heterocycles. The minimum Gasteiger partial charge on any atom is -0.0599 e. The van der Waals surface area contributed by atoms with E-state index in [1.165, 1.54) is 44.9 Å². The van der Waals surface area contributed by atoms with E-state index in [0.717, 1.165) is 18.3 Å². The highest BCUT2D eigenvalue weighted by molar-refractivity contribution is 4.86. The molecule has 1 rings (SSSR count). The van der Waals surface area contributed by atoms with Gasteiger partial charge in [0.1, 0.15) is 0 Å². The van der Waals surface area contributed by atoms with Crippen LogP contribution in [0.4, 0.5) is 0 Å². The summed E-state index contributed by atoms with van der Waals surface area (Å²) in [5.74, 6) is 1.79. The molecule has 0 amide bonds. The zero-order valence-corrected chi connectivity index (χ0v) is 11.6. The normalized spacial score (nSPS) is 20.2. The smallest absolute Gasteiger partial charge is 0.0352 e. The zero-order valence-electron chi connectivity index (χ0n) is 11.6. The zero-order chi connectivity index (χ0) is 12.0. The molecule has 1 aliphatic carbocycles. The van der Waals surface area contributed by atoms with Crippen LogP contribution in [0.1, 0.15) is 72.1 Å². The molecule has 16 heavy (non-hydrogen) atoms. The lowest BCUT2D eigenvalue weighted by molar-refractivity contribution is 0.214. The highest BCUT2D eigenvalue weighted by atomic mass is 14.3. The summed E-state index contributed by atoms with van der Waals surface area (Å²) in [5, 5.41) is 0. The second kappa shape index (κ2) is 6.67. The summed E-state index contributed by atoms with van der Waals surface area (Å²) in [5.41, 5.74) is 0.463. The first kappa shape index (κ1) is 14.1. The summed E-state index contributed by atoms with van der Waals surface area (Å²) in [6, 6.07) is 0. The Morgan fingerprint density at radius 3 is 2.38 bits per heavy atom. The molecule has 0 aromatic carbocycles. The molecule has 0 aromatic rings. The van der Waals surface area contributed by atoms with Gasteiger partial charge in [0, 0.05) is 0 Å². The van der Waals surface area contributed by atoms with E-state index in [0.29, 0.717) is 5.41 Å². The van der Waals surface area contributed by atoms with Crippen LogP contribution in [-0.4, -0.2) is 0 Å². The van der Waals surface area contributed by atoms with Gasteiger partial charge < -0.3 is 0 Å². The van der Waals surface area contributed by atoms with Gasteiger partial charge in [-0.2, -0.15) is 0 Å². The molecule has 1 atom stereocenters. The number of hydrogen-bond acceptors (Lipinski definition) is 0. The Morgan fingerprint density at radius 1 is 1.25 bits per heavy atom. The van der Waals surface area contributed by atoms with Crippen molar-refractivity contribution in [3.63, 3.8) is 0 Å². The summed E-state index contributed by atoms with van der Waals surface area (Å²) in [4.78, 5) is 0. The molecule has 0 bridgehead atoms. The van der Waals surface area contributed by atoms with Crippen LogP contribution in [0.25, 0.3) is 0 Å². The number of rotatable bonds is 6. The van der Waals surface area contributed by atoms with Gasteiger partial charge in [-0.05, 0) is 36.5 Å². The van der Waals surface area contributed by atoms with Crippen LogP contribution in [0, 0.1) is 30.6 Å². The largest absolute Gasteiger partial charge is 0.0599 e. The first-order valence-corrected chi connectivity index (χ1v) is 7.16. The van der Waals surface area contributed by atoms with Gasteiger partial charge in [0.05, 0.1) is 0 Å². The molecule has 0 heterocycles. The SMILES string of the molecule is [CH2]CCCC(C[CH]C1CCCC1)C(C)(C)C. The maximum Gasteiger partial charge on any atom is -0.0352 e. The van der Waals surface area contributed by atoms with E-state index in [-0.39, 0.29) is 0 Å². The third-order valence-corrected chi connectivity index (χ3v) is 4.18. The van der Waals surface area contributed by atoms with Gasteiger partial charge in [0.25, 0.3) is 0 Å². The van der Waals surface area contributed by atoms with Crippen molar-refractivity contribution in [1.82, 2.24) is 0 Å². The Labute approximate surface area is 103 Å².